The van der Waals surface area contributed by atoms with Gasteiger partial charge in [0.15, 0.2) is 6.04 Å². The Morgan fingerprint density at radius 1 is 1.30 bits per heavy atom. The molecule has 0 bridgehead atoms. The highest BCUT2D eigenvalue weighted by Gasteiger charge is 2.21. The van der Waals surface area contributed by atoms with Gasteiger partial charge in [-0.3, -0.25) is 0 Å². The van der Waals surface area contributed by atoms with Crippen LogP contribution in [0.15, 0.2) is 42.5 Å². The first-order valence-electron chi connectivity index (χ1n) is 5.99. The summed E-state index contributed by atoms with van der Waals surface area (Å²) >= 11 is 5.70. The van der Waals surface area contributed by atoms with Gasteiger partial charge in [0.2, 0.25) is 0 Å². The molecule has 0 saturated heterocycles. The molecule has 3 nitrogen and oxygen atoms in total. The molecule has 0 amide bonds. The lowest BCUT2D eigenvalue weighted by molar-refractivity contribution is -0.138. The number of halogens is 2. The fourth-order valence-electron chi connectivity index (χ4n) is 1.87. The summed E-state index contributed by atoms with van der Waals surface area (Å²) in [6, 6.07) is 10.2. The van der Waals surface area contributed by atoms with Gasteiger partial charge in [0.1, 0.15) is 5.82 Å². The van der Waals surface area contributed by atoms with Crippen LogP contribution in [0.3, 0.4) is 0 Å². The number of para-hydroxylation sites is 1. The van der Waals surface area contributed by atoms with E-state index in [2.05, 4.69) is 5.32 Å². The van der Waals surface area contributed by atoms with Gasteiger partial charge < -0.3 is 10.4 Å². The summed E-state index contributed by atoms with van der Waals surface area (Å²) in [5.74, 6) is -1.63. The Bertz CT molecular complexity index is 646. The zero-order chi connectivity index (χ0) is 14.7. The van der Waals surface area contributed by atoms with Crippen LogP contribution in [0.2, 0.25) is 5.02 Å². The third kappa shape index (κ3) is 3.08. The average Bonchev–Trinajstić information content (AvgIpc) is 2.41. The highest BCUT2D eigenvalue weighted by atomic mass is 35.5. The first-order valence-corrected chi connectivity index (χ1v) is 6.37. The molecular formula is C15H13ClFNO2. The van der Waals surface area contributed by atoms with Crippen molar-refractivity contribution >= 4 is 23.3 Å². The second-order valence-corrected chi connectivity index (χ2v) is 4.81. The fraction of sp³-hybridized carbons (Fsp3) is 0.133. The van der Waals surface area contributed by atoms with Crippen molar-refractivity contribution in [3.8, 4) is 0 Å². The van der Waals surface area contributed by atoms with E-state index in [4.69, 9.17) is 11.6 Å². The molecule has 20 heavy (non-hydrogen) atoms. The van der Waals surface area contributed by atoms with Crippen LogP contribution < -0.4 is 5.32 Å². The van der Waals surface area contributed by atoms with Crippen molar-refractivity contribution in [1.29, 1.82) is 0 Å². The summed E-state index contributed by atoms with van der Waals surface area (Å²) in [6.07, 6.45) is 0. The number of aliphatic carboxylic acids is 1. The molecule has 0 aliphatic heterocycles. The zero-order valence-electron chi connectivity index (χ0n) is 10.7. The Morgan fingerprint density at radius 2 is 2.00 bits per heavy atom. The molecule has 0 heterocycles. The van der Waals surface area contributed by atoms with Gasteiger partial charge in [-0.25, -0.2) is 9.18 Å². The molecule has 0 fully saturated rings. The molecule has 2 aromatic rings. The number of carboxylic acid groups (broad SMARTS) is 1. The molecule has 0 saturated carbocycles. The Hall–Kier alpha value is -2.07. The standard InChI is InChI=1S/C15H13ClFNO2/c1-9-4-2-3-5-13(9)18-14(15(19)20)10-6-7-12(17)11(16)8-10/h2-8,14,18H,1H3,(H,19,20). The molecule has 5 heteroatoms. The molecule has 104 valence electrons. The Balaban J connectivity index is 2.34. The van der Waals surface area contributed by atoms with Gasteiger partial charge in [0.05, 0.1) is 5.02 Å². The summed E-state index contributed by atoms with van der Waals surface area (Å²) in [7, 11) is 0. The molecule has 2 rings (SSSR count). The topological polar surface area (TPSA) is 49.3 Å². The number of benzene rings is 2. The van der Waals surface area contributed by atoms with Crippen LogP contribution >= 0.6 is 11.6 Å². The lowest BCUT2D eigenvalue weighted by Crippen LogP contribution is -2.21. The second kappa shape index (κ2) is 5.92. The molecular weight excluding hydrogens is 281 g/mol. The van der Waals surface area contributed by atoms with Crippen LogP contribution in [-0.4, -0.2) is 11.1 Å². The van der Waals surface area contributed by atoms with Crippen LogP contribution in [0.25, 0.3) is 0 Å². The van der Waals surface area contributed by atoms with E-state index in [0.717, 1.165) is 11.6 Å². The van der Waals surface area contributed by atoms with E-state index < -0.39 is 17.8 Å². The van der Waals surface area contributed by atoms with E-state index in [1.54, 1.807) is 6.07 Å². The second-order valence-electron chi connectivity index (χ2n) is 4.40. The van der Waals surface area contributed by atoms with Crippen LogP contribution in [0, 0.1) is 12.7 Å². The van der Waals surface area contributed by atoms with Crippen molar-refractivity contribution in [2.75, 3.05) is 5.32 Å². The van der Waals surface area contributed by atoms with Crippen molar-refractivity contribution < 1.29 is 14.3 Å². The smallest absolute Gasteiger partial charge is 0.330 e. The molecule has 0 aliphatic rings. The maximum absolute atomic E-state index is 13.2. The van der Waals surface area contributed by atoms with Gasteiger partial charge in [-0.1, -0.05) is 35.9 Å². The molecule has 2 aromatic carbocycles. The number of carbonyl (C=O) groups is 1. The summed E-state index contributed by atoms with van der Waals surface area (Å²) in [5.41, 5.74) is 2.03. The highest BCUT2D eigenvalue weighted by molar-refractivity contribution is 6.30. The summed E-state index contributed by atoms with van der Waals surface area (Å²) in [4.78, 5) is 11.4. The minimum Gasteiger partial charge on any atom is -0.479 e. The largest absolute Gasteiger partial charge is 0.479 e. The van der Waals surface area contributed by atoms with Crippen LogP contribution in [0.4, 0.5) is 10.1 Å². The molecule has 0 spiro atoms. The Morgan fingerprint density at radius 3 is 2.60 bits per heavy atom. The van der Waals surface area contributed by atoms with Crippen molar-refractivity contribution in [3.63, 3.8) is 0 Å². The number of rotatable bonds is 4. The normalized spacial score (nSPS) is 11.9. The Labute approximate surface area is 121 Å². The summed E-state index contributed by atoms with van der Waals surface area (Å²) < 4.78 is 13.2. The SMILES string of the molecule is Cc1ccccc1NC(C(=O)O)c1ccc(F)c(Cl)c1. The van der Waals surface area contributed by atoms with E-state index in [9.17, 15) is 14.3 Å². The van der Waals surface area contributed by atoms with Crippen molar-refractivity contribution in [2.24, 2.45) is 0 Å². The predicted octanol–water partition coefficient (Wildman–Crippen LogP) is 4.03. The third-order valence-electron chi connectivity index (χ3n) is 2.97. The molecule has 0 aliphatic carbocycles. The third-order valence-corrected chi connectivity index (χ3v) is 3.26. The quantitative estimate of drug-likeness (QED) is 0.895. The summed E-state index contributed by atoms with van der Waals surface area (Å²) in [5, 5.41) is 12.2. The molecule has 0 aromatic heterocycles. The molecule has 1 atom stereocenters. The van der Waals surface area contributed by atoms with Crippen molar-refractivity contribution in [1.82, 2.24) is 0 Å². The lowest BCUT2D eigenvalue weighted by Gasteiger charge is -2.18. The number of aryl methyl sites for hydroxylation is 1. The fourth-order valence-corrected chi connectivity index (χ4v) is 2.06. The number of carboxylic acids is 1. The van der Waals surface area contributed by atoms with Crippen molar-refractivity contribution in [3.05, 3.63) is 64.4 Å². The first kappa shape index (κ1) is 14.3. The van der Waals surface area contributed by atoms with Crippen LogP contribution in [0.1, 0.15) is 17.2 Å². The highest BCUT2D eigenvalue weighted by Crippen LogP contribution is 2.25. The number of hydrogen-bond acceptors (Lipinski definition) is 2. The molecule has 1 unspecified atom stereocenters. The van der Waals surface area contributed by atoms with Gasteiger partial charge in [-0.15, -0.1) is 0 Å². The van der Waals surface area contributed by atoms with Crippen molar-refractivity contribution in [2.45, 2.75) is 13.0 Å². The van der Waals surface area contributed by atoms with E-state index in [0.29, 0.717) is 11.3 Å². The van der Waals surface area contributed by atoms with Gasteiger partial charge in [0, 0.05) is 5.69 Å². The lowest BCUT2D eigenvalue weighted by atomic mass is 10.1. The minimum atomic E-state index is -1.06. The number of nitrogens with one attached hydrogen (secondary N) is 1. The van der Waals surface area contributed by atoms with Crippen LogP contribution in [-0.2, 0) is 4.79 Å². The van der Waals surface area contributed by atoms with E-state index in [-0.39, 0.29) is 5.02 Å². The van der Waals surface area contributed by atoms with E-state index in [1.165, 1.54) is 12.1 Å². The average molecular weight is 294 g/mol. The maximum Gasteiger partial charge on any atom is 0.330 e. The van der Waals surface area contributed by atoms with Crippen LogP contribution in [0.5, 0.6) is 0 Å². The minimum absolute atomic E-state index is 0.0969. The monoisotopic (exact) mass is 293 g/mol. The van der Waals surface area contributed by atoms with Gasteiger partial charge >= 0.3 is 5.97 Å². The number of hydrogen-bond donors (Lipinski definition) is 2. The molecule has 2 N–H and O–H groups in total. The first-order chi connectivity index (χ1) is 9.49. The van der Waals surface area contributed by atoms with E-state index >= 15 is 0 Å². The molecule has 0 radical (unpaired) electrons. The van der Waals surface area contributed by atoms with Gasteiger partial charge in [0.25, 0.3) is 0 Å². The predicted molar refractivity (Wildman–Crippen MR) is 76.6 cm³/mol. The van der Waals surface area contributed by atoms with E-state index in [1.807, 2.05) is 25.1 Å². The van der Waals surface area contributed by atoms with Gasteiger partial charge in [-0.2, -0.15) is 0 Å². The number of anilines is 1. The Kier molecular flexibility index (Phi) is 4.25. The zero-order valence-corrected chi connectivity index (χ0v) is 11.5. The summed E-state index contributed by atoms with van der Waals surface area (Å²) in [6.45, 7) is 1.87. The van der Waals surface area contributed by atoms with Gasteiger partial charge in [-0.05, 0) is 36.2 Å². The maximum atomic E-state index is 13.2.